The molecule has 8 rings (SSSR count). The number of aromatic nitrogens is 3. The summed E-state index contributed by atoms with van der Waals surface area (Å²) < 4.78 is 35.1. The summed E-state index contributed by atoms with van der Waals surface area (Å²) in [5.74, 6) is 2.22. The van der Waals surface area contributed by atoms with Gasteiger partial charge in [-0.15, -0.1) is 0 Å². The third-order valence-electron chi connectivity index (χ3n) is 9.00. The van der Waals surface area contributed by atoms with Gasteiger partial charge in [-0.2, -0.15) is 0 Å². The van der Waals surface area contributed by atoms with Crippen molar-refractivity contribution >= 4 is 22.5 Å². The first kappa shape index (κ1) is 27.0. The monoisotopic (exact) mass is 810 g/mol. The Labute approximate surface area is 296 Å². The van der Waals surface area contributed by atoms with E-state index in [0.29, 0.717) is 27.4 Å². The van der Waals surface area contributed by atoms with E-state index in [9.17, 15) is 0 Å². The normalized spacial score (nSPS) is 13.8. The van der Waals surface area contributed by atoms with Crippen LogP contribution in [0, 0.1) is 3.80 Å². The summed E-state index contributed by atoms with van der Waals surface area (Å²) in [4.78, 5) is 7.16. The molecule has 1 aliphatic rings. The number of rotatable bonds is 5. The molecule has 7 aromatic rings. The van der Waals surface area contributed by atoms with Crippen LogP contribution in [0.15, 0.2) is 134 Å². The fourth-order valence-electron chi connectivity index (χ4n) is 6.50. The predicted octanol–water partition coefficient (Wildman–Crippen LogP) is 10.5. The van der Waals surface area contributed by atoms with E-state index in [-0.39, 0.29) is 5.41 Å². The molecular weight excluding hydrogens is 772 g/mol. The summed E-state index contributed by atoms with van der Waals surface area (Å²) in [5.41, 5.74) is 10.4. The zero-order chi connectivity index (χ0) is 35.5. The van der Waals surface area contributed by atoms with Gasteiger partial charge in [-0.1, -0.05) is 57.2 Å². The van der Waals surface area contributed by atoms with Crippen LogP contribution in [0.1, 0.15) is 36.0 Å². The quantitative estimate of drug-likeness (QED) is 0.174. The maximum atomic E-state index is 8.20. The summed E-state index contributed by atoms with van der Waals surface area (Å²) in [5, 5.41) is 0. The Morgan fingerprint density at radius 1 is 0.729 bits per heavy atom. The van der Waals surface area contributed by atoms with E-state index >= 15 is 0 Å². The van der Waals surface area contributed by atoms with Crippen molar-refractivity contribution in [1.82, 2.24) is 14.1 Å². The van der Waals surface area contributed by atoms with Gasteiger partial charge < -0.3 is 0 Å². The third kappa shape index (κ3) is 5.42. The Balaban J connectivity index is 1.21. The molecule has 2 aromatic heterocycles. The number of fused-ring (bicyclic) bond motifs is 4. The number of para-hydroxylation sites is 2. The molecule has 3 heterocycles. The molecule has 0 unspecified atom stereocenters. The van der Waals surface area contributed by atoms with Crippen LogP contribution in [0.5, 0.6) is 11.5 Å². The average molecular weight is 811 g/mol. The number of hydrogen-bond acceptors (Lipinski definition) is 3. The topological polar surface area (TPSA) is 35.2 Å². The van der Waals surface area contributed by atoms with Crippen LogP contribution in [-0.4, -0.2) is 14.1 Å². The van der Waals surface area contributed by atoms with Gasteiger partial charge in [-0.3, -0.25) is 0 Å². The number of ether oxygens (including phenoxy) is 1. The summed E-state index contributed by atoms with van der Waals surface area (Å²) in [6.45, 7) is 4.99. The number of benzene rings is 5. The third-order valence-corrected chi connectivity index (χ3v) is 10.0. The van der Waals surface area contributed by atoms with Gasteiger partial charge in [0.05, 0.1) is 0 Å². The average Bonchev–Trinajstić information content (AvgIpc) is 3.43. The molecule has 0 spiro atoms. The van der Waals surface area contributed by atoms with E-state index in [0.717, 1.165) is 28.3 Å². The Hall–Kier alpha value is -4.99. The number of imidazole rings is 1. The van der Waals surface area contributed by atoms with Gasteiger partial charge >= 0.3 is 200 Å². The van der Waals surface area contributed by atoms with Crippen LogP contribution in [-0.2, 0) is 38.3 Å². The second-order valence-electron chi connectivity index (χ2n) is 13.2. The molecule has 0 fully saturated rings. The molecule has 0 radical (unpaired) electrons. The first-order chi connectivity index (χ1) is 24.5. The van der Waals surface area contributed by atoms with Crippen LogP contribution < -0.4 is 9.64 Å². The fourth-order valence-corrected chi connectivity index (χ4v) is 7.34. The molecule has 0 saturated carbocycles. The van der Waals surface area contributed by atoms with Crippen molar-refractivity contribution in [3.8, 4) is 39.4 Å². The second kappa shape index (κ2) is 11.9. The molecule has 1 aliphatic heterocycles. The number of aryl methyl sites for hydroxylation is 1. The van der Waals surface area contributed by atoms with Crippen molar-refractivity contribution < 1.29 is 28.2 Å². The van der Waals surface area contributed by atoms with Crippen LogP contribution in [0.2, 0.25) is 0 Å². The van der Waals surface area contributed by atoms with E-state index in [2.05, 4.69) is 112 Å². The first-order valence-corrected chi connectivity index (χ1v) is 17.1. The van der Waals surface area contributed by atoms with Gasteiger partial charge in [-0.25, -0.2) is 0 Å². The minimum atomic E-state index is -2.33. The first-order valence-electron chi connectivity index (χ1n) is 17.5. The zero-order valence-corrected chi connectivity index (χ0v) is 29.2. The summed E-state index contributed by atoms with van der Waals surface area (Å²) in [6.07, 6.45) is 1.90. The van der Waals surface area contributed by atoms with Crippen LogP contribution in [0.4, 0.5) is 11.5 Å². The van der Waals surface area contributed by atoms with Crippen LogP contribution >= 0.6 is 0 Å². The molecule has 6 heteroatoms. The van der Waals surface area contributed by atoms with E-state index in [4.69, 9.17) is 13.8 Å². The van der Waals surface area contributed by atoms with Crippen molar-refractivity contribution in [1.29, 1.82) is 0 Å². The predicted molar refractivity (Wildman–Crippen MR) is 192 cm³/mol. The molecule has 5 nitrogen and oxygen atoms in total. The van der Waals surface area contributed by atoms with Crippen molar-refractivity contribution in [2.75, 3.05) is 4.90 Å². The molecule has 0 aliphatic carbocycles. The van der Waals surface area contributed by atoms with Crippen LogP contribution in [0.3, 0.4) is 0 Å². The van der Waals surface area contributed by atoms with E-state index in [1.165, 1.54) is 32.4 Å². The number of nitrogens with zero attached hydrogens (tertiary/aromatic N) is 4. The van der Waals surface area contributed by atoms with Crippen molar-refractivity contribution in [2.24, 2.45) is 6.98 Å². The fraction of sp³-hybridized carbons (Fsp3) is 0.143. The Morgan fingerprint density at radius 2 is 1.50 bits per heavy atom. The molecule has 0 saturated heterocycles. The van der Waals surface area contributed by atoms with Crippen molar-refractivity contribution in [2.45, 2.75) is 32.7 Å². The van der Waals surface area contributed by atoms with Crippen molar-refractivity contribution in [3.05, 3.63) is 149 Å². The summed E-state index contributed by atoms with van der Waals surface area (Å²) in [7, 11) is 0. The Kier molecular flexibility index (Phi) is 6.70. The van der Waals surface area contributed by atoms with Gasteiger partial charge in [0.2, 0.25) is 0 Å². The van der Waals surface area contributed by atoms with E-state index in [1.54, 1.807) is 0 Å². The number of anilines is 2. The molecule has 0 amide bonds. The summed E-state index contributed by atoms with van der Waals surface area (Å²) in [6, 6.07) is 43.1. The van der Waals surface area contributed by atoms with E-state index in [1.807, 2.05) is 71.4 Å². The standard InChI is InChI=1S/C42H36N4O.Pt/c1-42(2,3)32-21-22-43-41(24-32)45-27-31-23-30(29-11-6-5-7-12-29)17-19-36(31)37-20-18-35(26-40(37)45)47-34-14-10-13-33(25-34)46-28-44(4)38-15-8-9-16-39(38)46;/h5-26H,27H2,1-4H3;/i4D3;. The van der Waals surface area contributed by atoms with Gasteiger partial charge in [-0.05, 0) is 34.2 Å². The van der Waals surface area contributed by atoms with Gasteiger partial charge in [0.1, 0.15) is 0 Å². The zero-order valence-electron chi connectivity index (χ0n) is 29.9. The van der Waals surface area contributed by atoms with Crippen LogP contribution in [0.25, 0.3) is 39.0 Å². The Morgan fingerprint density at radius 3 is 2.31 bits per heavy atom. The second-order valence-corrected chi connectivity index (χ2v) is 14.2. The van der Waals surface area contributed by atoms with Gasteiger partial charge in [0.15, 0.2) is 0 Å². The Bertz CT molecular complexity index is 2500. The molecule has 240 valence electrons. The molecule has 0 atom stereocenters. The van der Waals surface area contributed by atoms with Gasteiger partial charge in [0, 0.05) is 6.20 Å². The minimum absolute atomic E-state index is 0.0314. The SMILES string of the molecule is [2H]C([2H])([2H])n1[c](=[Pt])n(-c2cccc(Oc3ccc4c(c3)N(c3cc(C(C)(C)C)ccn3)Cc3cc(-c5ccccc5)ccc3-4)c2)c2ccccc21. The maximum absolute atomic E-state index is 8.20. The number of hydrogen-bond donors (Lipinski definition) is 0. The van der Waals surface area contributed by atoms with E-state index < -0.39 is 6.98 Å². The summed E-state index contributed by atoms with van der Waals surface area (Å²) >= 11 is 2.09. The molecule has 0 bridgehead atoms. The molecular formula is C42H36N4OPt. The van der Waals surface area contributed by atoms with Gasteiger partial charge in [0.25, 0.3) is 0 Å². The number of pyridine rings is 1. The molecule has 48 heavy (non-hydrogen) atoms. The molecule has 0 N–H and O–H groups in total. The molecule has 5 aromatic carbocycles. The van der Waals surface area contributed by atoms with Crippen molar-refractivity contribution in [3.63, 3.8) is 0 Å².